The highest BCUT2D eigenvalue weighted by atomic mass is 16.3. The highest BCUT2D eigenvalue weighted by Crippen LogP contribution is 2.19. The maximum absolute atomic E-state index is 11.4. The molecule has 1 aliphatic rings. The fourth-order valence-electron chi connectivity index (χ4n) is 2.33. The Morgan fingerprint density at radius 3 is 2.84 bits per heavy atom. The Morgan fingerprint density at radius 1 is 1.37 bits per heavy atom. The Bertz CT molecular complexity index is 448. The number of carbonyl (C=O) groups is 1. The highest BCUT2D eigenvalue weighted by Gasteiger charge is 2.17. The second kappa shape index (κ2) is 6.02. The molecule has 0 spiro atoms. The van der Waals surface area contributed by atoms with Crippen LogP contribution in [0.1, 0.15) is 31.9 Å². The molecule has 2 heterocycles. The van der Waals surface area contributed by atoms with Gasteiger partial charge in [-0.1, -0.05) is 0 Å². The van der Waals surface area contributed by atoms with E-state index in [1.54, 1.807) is 20.0 Å². The molecule has 0 bridgehead atoms. The van der Waals surface area contributed by atoms with Gasteiger partial charge in [0.2, 0.25) is 5.91 Å². The van der Waals surface area contributed by atoms with Crippen molar-refractivity contribution in [3.05, 3.63) is 23.9 Å². The fourth-order valence-corrected chi connectivity index (χ4v) is 2.33. The van der Waals surface area contributed by atoms with Gasteiger partial charge in [-0.15, -0.1) is 0 Å². The Morgan fingerprint density at radius 2 is 2.16 bits per heavy atom. The van der Waals surface area contributed by atoms with E-state index in [2.05, 4.69) is 9.88 Å². The average molecular weight is 263 g/mol. The molecule has 104 valence electrons. The third-order valence-electron chi connectivity index (χ3n) is 3.52. The summed E-state index contributed by atoms with van der Waals surface area (Å²) in [4.78, 5) is 19.8. The van der Waals surface area contributed by atoms with Crippen LogP contribution in [0.5, 0.6) is 0 Å². The Balaban J connectivity index is 2.09. The molecule has 0 saturated carbocycles. The first kappa shape index (κ1) is 13.8. The molecule has 0 aliphatic carbocycles. The number of anilines is 1. The van der Waals surface area contributed by atoms with Crippen molar-refractivity contribution in [3.8, 4) is 0 Å². The maximum atomic E-state index is 11.4. The molecule has 19 heavy (non-hydrogen) atoms. The summed E-state index contributed by atoms with van der Waals surface area (Å²) in [5.41, 5.74) is 0.873. The summed E-state index contributed by atoms with van der Waals surface area (Å²) in [6, 6.07) is 3.75. The van der Waals surface area contributed by atoms with E-state index in [-0.39, 0.29) is 5.91 Å². The number of aromatic nitrogens is 1. The van der Waals surface area contributed by atoms with Crippen LogP contribution in [0.3, 0.4) is 0 Å². The summed E-state index contributed by atoms with van der Waals surface area (Å²) < 4.78 is 0. The van der Waals surface area contributed by atoms with Crippen LogP contribution < -0.4 is 4.90 Å². The minimum Gasteiger partial charge on any atom is -0.389 e. The van der Waals surface area contributed by atoms with E-state index in [0.717, 1.165) is 44.0 Å². The second-order valence-electron chi connectivity index (χ2n) is 4.97. The van der Waals surface area contributed by atoms with Crippen molar-refractivity contribution >= 4 is 11.7 Å². The van der Waals surface area contributed by atoms with E-state index < -0.39 is 6.10 Å². The van der Waals surface area contributed by atoms with Crippen molar-refractivity contribution in [2.75, 3.05) is 31.1 Å². The van der Waals surface area contributed by atoms with Gasteiger partial charge in [-0.25, -0.2) is 4.98 Å². The van der Waals surface area contributed by atoms with E-state index in [1.807, 2.05) is 17.0 Å². The number of nitrogens with zero attached hydrogens (tertiary/aromatic N) is 3. The molecule has 1 atom stereocenters. The quantitative estimate of drug-likeness (QED) is 0.871. The fraction of sp³-hybridized carbons (Fsp3) is 0.571. The van der Waals surface area contributed by atoms with Crippen LogP contribution in [0.25, 0.3) is 0 Å². The maximum Gasteiger partial charge on any atom is 0.219 e. The normalized spacial score (nSPS) is 18.1. The number of amides is 1. The molecule has 1 aliphatic heterocycles. The van der Waals surface area contributed by atoms with E-state index in [1.165, 1.54) is 0 Å². The first-order valence-corrected chi connectivity index (χ1v) is 6.72. The standard InChI is InChI=1S/C14H21N3O2/c1-11(18)13-4-5-15-14(10-13)17-7-3-6-16(8-9-17)12(2)19/h4-5,10-11,18H,3,6-9H2,1-2H3/t11-/m1/s1. The van der Waals surface area contributed by atoms with Gasteiger partial charge >= 0.3 is 0 Å². The molecule has 1 aromatic rings. The lowest BCUT2D eigenvalue weighted by Gasteiger charge is -2.23. The predicted molar refractivity (Wildman–Crippen MR) is 74.0 cm³/mol. The van der Waals surface area contributed by atoms with E-state index in [9.17, 15) is 9.90 Å². The number of aliphatic hydroxyl groups is 1. The topological polar surface area (TPSA) is 56.7 Å². The van der Waals surface area contributed by atoms with Crippen LogP contribution in [-0.2, 0) is 4.79 Å². The molecular formula is C14H21N3O2. The second-order valence-corrected chi connectivity index (χ2v) is 4.97. The minimum atomic E-state index is -0.484. The molecule has 0 radical (unpaired) electrons. The monoisotopic (exact) mass is 263 g/mol. The third kappa shape index (κ3) is 3.44. The molecule has 5 nitrogen and oxygen atoms in total. The van der Waals surface area contributed by atoms with E-state index in [0.29, 0.717) is 0 Å². The SMILES string of the molecule is CC(=O)N1CCCN(c2cc([C@@H](C)O)ccn2)CC1. The van der Waals surface area contributed by atoms with Gasteiger partial charge in [-0.2, -0.15) is 0 Å². The minimum absolute atomic E-state index is 0.132. The highest BCUT2D eigenvalue weighted by molar-refractivity contribution is 5.73. The van der Waals surface area contributed by atoms with Gasteiger partial charge in [-0.05, 0) is 31.0 Å². The van der Waals surface area contributed by atoms with Gasteiger partial charge < -0.3 is 14.9 Å². The van der Waals surface area contributed by atoms with Crippen LogP contribution >= 0.6 is 0 Å². The zero-order chi connectivity index (χ0) is 13.8. The van der Waals surface area contributed by atoms with Crippen LogP contribution in [-0.4, -0.2) is 47.1 Å². The van der Waals surface area contributed by atoms with Crippen molar-refractivity contribution in [3.63, 3.8) is 0 Å². The largest absolute Gasteiger partial charge is 0.389 e. The van der Waals surface area contributed by atoms with Crippen molar-refractivity contribution in [2.45, 2.75) is 26.4 Å². The number of rotatable bonds is 2. The molecule has 5 heteroatoms. The zero-order valence-electron chi connectivity index (χ0n) is 11.5. The van der Waals surface area contributed by atoms with Crippen LogP contribution in [0.15, 0.2) is 18.3 Å². The van der Waals surface area contributed by atoms with Crippen molar-refractivity contribution in [1.29, 1.82) is 0 Å². The molecule has 0 aromatic carbocycles. The number of aliphatic hydroxyl groups excluding tert-OH is 1. The van der Waals surface area contributed by atoms with Gasteiger partial charge in [0.25, 0.3) is 0 Å². The first-order chi connectivity index (χ1) is 9.08. The number of hydrogen-bond acceptors (Lipinski definition) is 4. The molecule has 1 saturated heterocycles. The summed E-state index contributed by atoms with van der Waals surface area (Å²) >= 11 is 0. The summed E-state index contributed by atoms with van der Waals surface area (Å²) in [6.07, 6.45) is 2.19. The van der Waals surface area contributed by atoms with Crippen LogP contribution in [0.2, 0.25) is 0 Å². The zero-order valence-corrected chi connectivity index (χ0v) is 11.5. The first-order valence-electron chi connectivity index (χ1n) is 6.72. The summed E-state index contributed by atoms with van der Waals surface area (Å²) in [5, 5.41) is 9.62. The van der Waals surface area contributed by atoms with E-state index in [4.69, 9.17) is 0 Å². The molecule has 0 unspecified atom stereocenters. The van der Waals surface area contributed by atoms with E-state index >= 15 is 0 Å². The Hall–Kier alpha value is -1.62. The summed E-state index contributed by atoms with van der Waals surface area (Å²) in [7, 11) is 0. The molecule has 1 aromatic heterocycles. The average Bonchev–Trinajstić information content (AvgIpc) is 2.64. The molecule has 1 N–H and O–H groups in total. The van der Waals surface area contributed by atoms with Gasteiger partial charge in [-0.3, -0.25) is 4.79 Å². The smallest absolute Gasteiger partial charge is 0.219 e. The molecule has 1 fully saturated rings. The van der Waals surface area contributed by atoms with Crippen molar-refractivity contribution in [1.82, 2.24) is 9.88 Å². The lowest BCUT2D eigenvalue weighted by atomic mass is 10.1. The van der Waals surface area contributed by atoms with Gasteiger partial charge in [0.1, 0.15) is 5.82 Å². The van der Waals surface area contributed by atoms with Gasteiger partial charge in [0.15, 0.2) is 0 Å². The Labute approximate surface area is 113 Å². The van der Waals surface area contributed by atoms with Crippen molar-refractivity contribution < 1.29 is 9.90 Å². The third-order valence-corrected chi connectivity index (χ3v) is 3.52. The van der Waals surface area contributed by atoms with Crippen LogP contribution in [0, 0.1) is 0 Å². The molecule has 1 amide bonds. The molecule has 2 rings (SSSR count). The van der Waals surface area contributed by atoms with Crippen molar-refractivity contribution in [2.24, 2.45) is 0 Å². The summed E-state index contributed by atoms with van der Waals surface area (Å²) in [6.45, 7) is 6.58. The number of hydrogen-bond donors (Lipinski definition) is 1. The Kier molecular flexibility index (Phi) is 4.37. The molecular weight excluding hydrogens is 242 g/mol. The summed E-state index contributed by atoms with van der Waals surface area (Å²) in [5.74, 6) is 1.01. The lowest BCUT2D eigenvalue weighted by Crippen LogP contribution is -2.33. The number of carbonyl (C=O) groups excluding carboxylic acids is 1. The van der Waals surface area contributed by atoms with Gasteiger partial charge in [0.05, 0.1) is 6.10 Å². The van der Waals surface area contributed by atoms with Gasteiger partial charge in [0, 0.05) is 39.3 Å². The van der Waals surface area contributed by atoms with Crippen LogP contribution in [0.4, 0.5) is 5.82 Å². The predicted octanol–water partition coefficient (Wildman–Crippen LogP) is 1.19. The lowest BCUT2D eigenvalue weighted by molar-refractivity contribution is -0.128. The number of pyridine rings is 1.